The van der Waals surface area contributed by atoms with Gasteiger partial charge in [-0.15, -0.1) is 0 Å². The van der Waals surface area contributed by atoms with Crippen LogP contribution in [0.15, 0.2) is 96.6 Å². The fourth-order valence-electron chi connectivity index (χ4n) is 3.41. The molecule has 0 amide bonds. The third-order valence-corrected chi connectivity index (χ3v) is 5.04. The zero-order chi connectivity index (χ0) is 21.3. The third kappa shape index (κ3) is 5.57. The molecule has 2 heterocycles. The number of rotatable bonds is 7. The van der Waals surface area contributed by atoms with Crippen LogP contribution in [0.5, 0.6) is 0 Å². The second kappa shape index (κ2) is 10.2. The van der Waals surface area contributed by atoms with Crippen LogP contribution in [-0.4, -0.2) is 27.5 Å². The van der Waals surface area contributed by atoms with E-state index in [9.17, 15) is 0 Å². The molecular formula is C25H26N6. The van der Waals surface area contributed by atoms with Crippen LogP contribution in [0.3, 0.4) is 0 Å². The van der Waals surface area contributed by atoms with Gasteiger partial charge in [0.15, 0.2) is 5.96 Å². The molecule has 0 radical (unpaired) electrons. The minimum atomic E-state index is 0.626. The molecule has 0 aliphatic rings. The summed E-state index contributed by atoms with van der Waals surface area (Å²) in [6.07, 6.45) is 7.41. The Labute approximate surface area is 182 Å². The first-order valence-electron chi connectivity index (χ1n) is 10.3. The first-order chi connectivity index (χ1) is 15.3. The van der Waals surface area contributed by atoms with E-state index in [4.69, 9.17) is 0 Å². The van der Waals surface area contributed by atoms with Crippen LogP contribution in [0, 0.1) is 0 Å². The predicted octanol–water partition coefficient (Wildman–Crippen LogP) is 3.86. The molecule has 0 bridgehead atoms. The second-order valence-electron chi connectivity index (χ2n) is 7.19. The molecule has 0 unspecified atom stereocenters. The van der Waals surface area contributed by atoms with Crippen molar-refractivity contribution in [3.63, 3.8) is 0 Å². The summed E-state index contributed by atoms with van der Waals surface area (Å²) in [4.78, 5) is 12.8. The number of aromatic nitrogens is 3. The molecule has 0 aliphatic carbocycles. The summed E-state index contributed by atoms with van der Waals surface area (Å²) in [6.45, 7) is 2.12. The first-order valence-corrected chi connectivity index (χ1v) is 10.3. The normalized spacial score (nSPS) is 11.3. The van der Waals surface area contributed by atoms with Gasteiger partial charge in [-0.05, 0) is 34.4 Å². The zero-order valence-corrected chi connectivity index (χ0v) is 17.6. The Morgan fingerprint density at radius 2 is 1.71 bits per heavy atom. The lowest BCUT2D eigenvalue weighted by Gasteiger charge is -2.14. The third-order valence-electron chi connectivity index (χ3n) is 5.04. The number of guanidine groups is 1. The molecule has 6 heteroatoms. The van der Waals surface area contributed by atoms with E-state index in [2.05, 4.69) is 78.7 Å². The SMILES string of the molecule is CN=C(NCc1ccccn1)NCc1ccccc1-c1ccc(Cn2ccnc2)cc1. The van der Waals surface area contributed by atoms with Crippen LogP contribution in [0.1, 0.15) is 16.8 Å². The largest absolute Gasteiger partial charge is 0.352 e. The molecule has 2 aromatic carbocycles. The maximum atomic E-state index is 4.34. The summed E-state index contributed by atoms with van der Waals surface area (Å²) >= 11 is 0. The lowest BCUT2D eigenvalue weighted by atomic mass is 9.98. The molecule has 2 N–H and O–H groups in total. The van der Waals surface area contributed by atoms with Gasteiger partial charge < -0.3 is 15.2 Å². The molecule has 6 nitrogen and oxygen atoms in total. The highest BCUT2D eigenvalue weighted by Crippen LogP contribution is 2.24. The standard InChI is InChI=1S/C25H26N6/c1-26-25(30-17-23-7-4-5-13-28-23)29-16-22-6-2-3-8-24(22)21-11-9-20(10-12-21)18-31-15-14-27-19-31/h2-15,19H,16-18H2,1H3,(H2,26,29,30). The lowest BCUT2D eigenvalue weighted by Crippen LogP contribution is -2.36. The van der Waals surface area contributed by atoms with Crippen molar-refractivity contribution in [3.8, 4) is 11.1 Å². The molecule has 156 valence electrons. The fraction of sp³-hybridized carbons (Fsp3) is 0.160. The summed E-state index contributed by atoms with van der Waals surface area (Å²) in [5.74, 6) is 0.746. The first kappa shape index (κ1) is 20.3. The van der Waals surface area contributed by atoms with Gasteiger partial charge in [-0.25, -0.2) is 4.98 Å². The van der Waals surface area contributed by atoms with Gasteiger partial charge in [-0.3, -0.25) is 9.98 Å². The van der Waals surface area contributed by atoms with E-state index in [1.807, 2.05) is 30.7 Å². The van der Waals surface area contributed by atoms with Gasteiger partial charge in [-0.2, -0.15) is 0 Å². The van der Waals surface area contributed by atoms with Gasteiger partial charge in [0.05, 0.1) is 18.6 Å². The van der Waals surface area contributed by atoms with Crippen molar-refractivity contribution in [2.24, 2.45) is 4.99 Å². The molecule has 0 saturated heterocycles. The number of benzene rings is 2. The minimum absolute atomic E-state index is 0.626. The van der Waals surface area contributed by atoms with E-state index in [1.165, 1.54) is 22.3 Å². The molecule has 0 aliphatic heterocycles. The van der Waals surface area contributed by atoms with Crippen molar-refractivity contribution >= 4 is 5.96 Å². The van der Waals surface area contributed by atoms with Crippen LogP contribution in [0.2, 0.25) is 0 Å². The van der Waals surface area contributed by atoms with Crippen molar-refractivity contribution in [2.45, 2.75) is 19.6 Å². The Morgan fingerprint density at radius 3 is 2.45 bits per heavy atom. The molecule has 0 saturated carbocycles. The van der Waals surface area contributed by atoms with Gasteiger partial charge in [0, 0.05) is 38.7 Å². The maximum absolute atomic E-state index is 4.34. The number of pyridine rings is 1. The van der Waals surface area contributed by atoms with Crippen LogP contribution < -0.4 is 10.6 Å². The van der Waals surface area contributed by atoms with E-state index in [-0.39, 0.29) is 0 Å². The fourth-order valence-corrected chi connectivity index (χ4v) is 3.41. The van der Waals surface area contributed by atoms with E-state index in [1.54, 1.807) is 19.4 Å². The summed E-state index contributed by atoms with van der Waals surface area (Å²) in [5.41, 5.74) is 5.84. The molecular weight excluding hydrogens is 384 g/mol. The van der Waals surface area contributed by atoms with Gasteiger partial charge >= 0.3 is 0 Å². The number of imidazole rings is 1. The number of nitrogens with zero attached hydrogens (tertiary/aromatic N) is 4. The average molecular weight is 411 g/mol. The molecule has 31 heavy (non-hydrogen) atoms. The van der Waals surface area contributed by atoms with Gasteiger partial charge in [0.1, 0.15) is 0 Å². The molecule has 0 spiro atoms. The predicted molar refractivity (Wildman–Crippen MR) is 124 cm³/mol. The summed E-state index contributed by atoms with van der Waals surface area (Å²) in [7, 11) is 1.78. The molecule has 4 rings (SSSR count). The Bertz CT molecular complexity index is 1100. The number of aliphatic imine (C=N–C) groups is 1. The highest BCUT2D eigenvalue weighted by Gasteiger charge is 2.07. The van der Waals surface area contributed by atoms with E-state index in [0.717, 1.165) is 18.2 Å². The molecule has 2 aromatic heterocycles. The van der Waals surface area contributed by atoms with E-state index < -0.39 is 0 Å². The van der Waals surface area contributed by atoms with Crippen molar-refractivity contribution in [1.29, 1.82) is 0 Å². The zero-order valence-electron chi connectivity index (χ0n) is 17.6. The lowest BCUT2D eigenvalue weighted by molar-refractivity contribution is 0.794. The molecule has 4 aromatic rings. The van der Waals surface area contributed by atoms with Crippen LogP contribution in [0.4, 0.5) is 0 Å². The van der Waals surface area contributed by atoms with Crippen molar-refractivity contribution in [3.05, 3.63) is 108 Å². The topological polar surface area (TPSA) is 67.1 Å². The maximum Gasteiger partial charge on any atom is 0.191 e. The Kier molecular flexibility index (Phi) is 6.70. The van der Waals surface area contributed by atoms with E-state index in [0.29, 0.717) is 13.1 Å². The Balaban J connectivity index is 1.41. The minimum Gasteiger partial charge on any atom is -0.352 e. The summed E-state index contributed by atoms with van der Waals surface area (Å²) < 4.78 is 2.07. The van der Waals surface area contributed by atoms with Crippen molar-refractivity contribution in [2.75, 3.05) is 7.05 Å². The summed E-state index contributed by atoms with van der Waals surface area (Å²) in [5, 5.41) is 6.72. The average Bonchev–Trinajstić information content (AvgIpc) is 3.34. The quantitative estimate of drug-likeness (QED) is 0.359. The van der Waals surface area contributed by atoms with Gasteiger partial charge in [0.25, 0.3) is 0 Å². The summed E-state index contributed by atoms with van der Waals surface area (Å²) in [6, 6.07) is 23.0. The molecule has 0 atom stereocenters. The monoisotopic (exact) mass is 410 g/mol. The number of hydrogen-bond acceptors (Lipinski definition) is 3. The van der Waals surface area contributed by atoms with Crippen LogP contribution in [-0.2, 0) is 19.6 Å². The second-order valence-corrected chi connectivity index (χ2v) is 7.19. The van der Waals surface area contributed by atoms with Crippen molar-refractivity contribution < 1.29 is 0 Å². The van der Waals surface area contributed by atoms with E-state index >= 15 is 0 Å². The number of hydrogen-bond donors (Lipinski definition) is 2. The van der Waals surface area contributed by atoms with Crippen LogP contribution in [0.25, 0.3) is 11.1 Å². The van der Waals surface area contributed by atoms with Gasteiger partial charge in [-0.1, -0.05) is 54.6 Å². The van der Waals surface area contributed by atoms with Crippen LogP contribution >= 0.6 is 0 Å². The number of nitrogens with one attached hydrogen (secondary N) is 2. The molecule has 0 fully saturated rings. The van der Waals surface area contributed by atoms with Gasteiger partial charge in [0.2, 0.25) is 0 Å². The smallest absolute Gasteiger partial charge is 0.191 e. The highest BCUT2D eigenvalue weighted by molar-refractivity contribution is 5.80. The highest BCUT2D eigenvalue weighted by atomic mass is 15.2. The van der Waals surface area contributed by atoms with Crippen molar-refractivity contribution in [1.82, 2.24) is 25.2 Å². The Morgan fingerprint density at radius 1 is 0.903 bits per heavy atom. The Hall–Kier alpha value is -3.93.